The second-order valence-corrected chi connectivity index (χ2v) is 7.32. The van der Waals surface area contributed by atoms with Crippen LogP contribution in [0.25, 0.3) is 5.57 Å². The van der Waals surface area contributed by atoms with Crippen molar-refractivity contribution >= 4 is 29.2 Å². The monoisotopic (exact) mass is 358 g/mol. The van der Waals surface area contributed by atoms with E-state index >= 15 is 0 Å². The van der Waals surface area contributed by atoms with Gasteiger partial charge in [-0.1, -0.05) is 24.2 Å². The average molecular weight is 359 g/mol. The van der Waals surface area contributed by atoms with E-state index in [9.17, 15) is 4.39 Å². The second kappa shape index (κ2) is 7.57. The molecule has 0 spiro atoms. The van der Waals surface area contributed by atoms with Crippen molar-refractivity contribution in [3.8, 4) is 0 Å². The van der Waals surface area contributed by atoms with Crippen LogP contribution in [0.4, 0.5) is 10.2 Å². The van der Waals surface area contributed by atoms with E-state index < -0.39 is 0 Å². The van der Waals surface area contributed by atoms with Crippen LogP contribution in [0, 0.1) is 11.7 Å². The molecule has 2 aromatic rings. The molecule has 1 aliphatic carbocycles. The van der Waals surface area contributed by atoms with Crippen molar-refractivity contribution in [3.63, 3.8) is 0 Å². The molecule has 0 bridgehead atoms. The van der Waals surface area contributed by atoms with Crippen molar-refractivity contribution in [2.24, 2.45) is 10.9 Å². The van der Waals surface area contributed by atoms with E-state index in [0.29, 0.717) is 12.0 Å². The number of allylic oxidation sites excluding steroid dienone is 1. The number of hydrogen-bond acceptors (Lipinski definition) is 1. The molecule has 1 aromatic heterocycles. The number of hydrogen-bond donors (Lipinski definition) is 0. The molecule has 1 aliphatic rings. The zero-order chi connectivity index (χ0) is 18.0. The molecule has 2 nitrogen and oxygen atoms in total. The number of halogens is 2. The zero-order valence-electron chi connectivity index (χ0n) is 14.8. The first kappa shape index (κ1) is 17.9. The summed E-state index contributed by atoms with van der Waals surface area (Å²) in [6.45, 7) is 8.02. The summed E-state index contributed by atoms with van der Waals surface area (Å²) in [6, 6.07) is 7.62. The van der Waals surface area contributed by atoms with Crippen molar-refractivity contribution in [2.45, 2.75) is 45.6 Å². The highest BCUT2D eigenvalue weighted by atomic mass is 35.5. The Balaban J connectivity index is 1.74. The third-order valence-corrected chi connectivity index (χ3v) is 5.30. The molecule has 1 saturated carbocycles. The number of nitrogens with zero attached hydrogens (tertiary/aromatic N) is 2. The first-order valence-corrected chi connectivity index (χ1v) is 9.16. The average Bonchev–Trinajstić information content (AvgIpc) is 3.18. The van der Waals surface area contributed by atoms with Crippen LogP contribution in [0.15, 0.2) is 42.0 Å². The van der Waals surface area contributed by atoms with E-state index in [2.05, 4.69) is 28.4 Å². The number of benzene rings is 1. The third-order valence-electron chi connectivity index (χ3n) is 5.01. The largest absolute Gasteiger partial charge is 0.329 e. The summed E-state index contributed by atoms with van der Waals surface area (Å²) in [7, 11) is 0. The summed E-state index contributed by atoms with van der Waals surface area (Å²) in [5, 5.41) is 0.211. The number of aromatic nitrogens is 1. The Hall–Kier alpha value is -1.87. The molecular weight excluding hydrogens is 335 g/mol. The summed E-state index contributed by atoms with van der Waals surface area (Å²) < 4.78 is 15.6. The Morgan fingerprint density at radius 3 is 2.88 bits per heavy atom. The predicted octanol–water partition coefficient (Wildman–Crippen LogP) is 6.62. The van der Waals surface area contributed by atoms with Crippen LogP contribution >= 0.6 is 11.6 Å². The summed E-state index contributed by atoms with van der Waals surface area (Å²) in [4.78, 5) is 4.58. The van der Waals surface area contributed by atoms with Gasteiger partial charge in [0.15, 0.2) is 0 Å². The Kier molecular flexibility index (Phi) is 5.43. The highest BCUT2D eigenvalue weighted by molar-refractivity contribution is 6.30. The molecule has 1 aromatic carbocycles. The van der Waals surface area contributed by atoms with Crippen molar-refractivity contribution < 1.29 is 4.39 Å². The first-order chi connectivity index (χ1) is 12.0. The van der Waals surface area contributed by atoms with Gasteiger partial charge >= 0.3 is 0 Å². The summed E-state index contributed by atoms with van der Waals surface area (Å²) in [5.41, 5.74) is 3.26. The summed E-state index contributed by atoms with van der Waals surface area (Å²) in [5.74, 6) is 1.24. The molecule has 25 heavy (non-hydrogen) atoms. The Morgan fingerprint density at radius 1 is 1.40 bits per heavy atom. The first-order valence-electron chi connectivity index (χ1n) is 8.79. The molecule has 0 aliphatic heterocycles. The molecule has 1 fully saturated rings. The van der Waals surface area contributed by atoms with Crippen LogP contribution in [-0.4, -0.2) is 10.8 Å². The number of aliphatic imine (C=N–C) groups is 1. The van der Waals surface area contributed by atoms with Crippen LogP contribution in [0.2, 0.25) is 5.02 Å². The van der Waals surface area contributed by atoms with E-state index in [1.54, 1.807) is 6.07 Å². The van der Waals surface area contributed by atoms with Crippen LogP contribution in [0.5, 0.6) is 0 Å². The van der Waals surface area contributed by atoms with Crippen LogP contribution in [0.1, 0.15) is 50.3 Å². The highest BCUT2D eigenvalue weighted by Gasteiger charge is 2.28. The highest BCUT2D eigenvalue weighted by Crippen LogP contribution is 2.41. The lowest BCUT2D eigenvalue weighted by Crippen LogP contribution is -2.06. The van der Waals surface area contributed by atoms with Gasteiger partial charge < -0.3 is 4.57 Å². The Morgan fingerprint density at radius 2 is 2.20 bits per heavy atom. The maximum absolute atomic E-state index is 13.3. The molecular formula is C21H24ClFN2. The topological polar surface area (TPSA) is 17.3 Å². The van der Waals surface area contributed by atoms with Crippen molar-refractivity contribution in [3.05, 3.63) is 59.0 Å². The van der Waals surface area contributed by atoms with Gasteiger partial charge in [-0.15, -0.1) is 0 Å². The van der Waals surface area contributed by atoms with E-state index in [1.165, 1.54) is 6.07 Å². The minimum absolute atomic E-state index is 0.211. The van der Waals surface area contributed by atoms with Crippen molar-refractivity contribution in [1.29, 1.82) is 0 Å². The minimum atomic E-state index is -0.351. The molecule has 132 valence electrons. The smallest absolute Gasteiger partial charge is 0.141 e. The van der Waals surface area contributed by atoms with E-state index in [-0.39, 0.29) is 10.8 Å². The van der Waals surface area contributed by atoms with Gasteiger partial charge in [0, 0.05) is 24.0 Å². The molecule has 0 saturated heterocycles. The molecule has 0 N–H and O–H groups in total. The quantitative estimate of drug-likeness (QED) is 0.534. The van der Waals surface area contributed by atoms with Crippen molar-refractivity contribution in [1.82, 2.24) is 4.57 Å². The van der Waals surface area contributed by atoms with E-state index in [1.807, 2.05) is 26.1 Å². The van der Waals surface area contributed by atoms with Crippen molar-refractivity contribution in [2.75, 3.05) is 0 Å². The maximum atomic E-state index is 13.3. The molecule has 4 heteroatoms. The lowest BCUT2D eigenvalue weighted by atomic mass is 9.98. The lowest BCUT2D eigenvalue weighted by molar-refractivity contribution is 0.478. The van der Waals surface area contributed by atoms with Crippen LogP contribution < -0.4 is 0 Å². The molecule has 2 unspecified atom stereocenters. The van der Waals surface area contributed by atoms with Gasteiger partial charge in [0.1, 0.15) is 11.6 Å². The van der Waals surface area contributed by atoms with E-state index in [4.69, 9.17) is 11.6 Å². The van der Waals surface area contributed by atoms with Crippen LogP contribution in [-0.2, 0) is 6.42 Å². The molecule has 0 amide bonds. The maximum Gasteiger partial charge on any atom is 0.141 e. The molecule has 0 radical (unpaired) electrons. The molecule has 2 atom stereocenters. The lowest BCUT2D eigenvalue weighted by Gasteiger charge is -2.16. The molecule has 1 heterocycles. The summed E-state index contributed by atoms with van der Waals surface area (Å²) in [6.07, 6.45) is 8.31. The predicted molar refractivity (Wildman–Crippen MR) is 104 cm³/mol. The third kappa shape index (κ3) is 3.87. The zero-order valence-corrected chi connectivity index (χ0v) is 15.6. The van der Waals surface area contributed by atoms with Gasteiger partial charge in [0.2, 0.25) is 0 Å². The van der Waals surface area contributed by atoms with Gasteiger partial charge in [0.25, 0.3) is 0 Å². The Bertz CT molecular complexity index is 806. The van der Waals surface area contributed by atoms with Crippen LogP contribution in [0.3, 0.4) is 0 Å². The second-order valence-electron chi connectivity index (χ2n) is 6.91. The van der Waals surface area contributed by atoms with Gasteiger partial charge in [-0.25, -0.2) is 9.38 Å². The fraction of sp³-hybridized carbons (Fsp3) is 0.381. The SMILES string of the molecule is C=C(C)c1ccn(C2CCC(Cc3ccc(F)c(Cl)c3)C2)c1N=CC. The number of rotatable bonds is 5. The van der Waals surface area contributed by atoms with Gasteiger partial charge in [-0.2, -0.15) is 0 Å². The summed E-state index contributed by atoms with van der Waals surface area (Å²) >= 11 is 5.91. The molecule has 3 rings (SSSR count). The Labute approximate surface area is 154 Å². The fourth-order valence-electron chi connectivity index (χ4n) is 3.81. The normalized spacial score (nSPS) is 20.5. The van der Waals surface area contributed by atoms with Gasteiger partial charge in [-0.3, -0.25) is 0 Å². The fourth-order valence-corrected chi connectivity index (χ4v) is 4.02. The van der Waals surface area contributed by atoms with Gasteiger partial charge in [0.05, 0.1) is 5.02 Å². The minimum Gasteiger partial charge on any atom is -0.329 e. The standard InChI is InChI=1S/C21H24ClFN2/c1-4-24-21-18(14(2)3)9-10-25(21)17-7-5-15(12-17)11-16-6-8-20(23)19(22)13-16/h4,6,8-10,13,15,17H,2,5,7,11-12H2,1,3H3. The van der Waals surface area contributed by atoms with Gasteiger partial charge in [-0.05, 0) is 74.8 Å². The van der Waals surface area contributed by atoms with E-state index in [0.717, 1.165) is 48.2 Å².